The van der Waals surface area contributed by atoms with Gasteiger partial charge in [-0.3, -0.25) is 5.41 Å². The zero-order valence-electron chi connectivity index (χ0n) is 5.94. The van der Waals surface area contributed by atoms with Crippen molar-refractivity contribution in [2.75, 3.05) is 0 Å². The Morgan fingerprint density at radius 3 is 2.90 bits per heavy atom. The zero-order chi connectivity index (χ0) is 7.56. The van der Waals surface area contributed by atoms with Crippen LogP contribution >= 0.6 is 0 Å². The van der Waals surface area contributed by atoms with Crippen molar-refractivity contribution in [3.8, 4) is 0 Å². The van der Waals surface area contributed by atoms with Gasteiger partial charge in [0.2, 0.25) is 0 Å². The van der Waals surface area contributed by atoms with Gasteiger partial charge in [-0.2, -0.15) is 0 Å². The minimum atomic E-state index is 0.447. The first-order chi connectivity index (χ1) is 4.70. The minimum absolute atomic E-state index is 0.447. The van der Waals surface area contributed by atoms with Gasteiger partial charge < -0.3 is 5.32 Å². The van der Waals surface area contributed by atoms with Crippen molar-refractivity contribution in [2.45, 2.75) is 6.92 Å². The molecule has 0 amide bonds. The second-order valence-corrected chi connectivity index (χ2v) is 2.30. The monoisotopic (exact) mass is 134 g/mol. The van der Waals surface area contributed by atoms with Gasteiger partial charge in [-0.25, -0.2) is 0 Å². The van der Waals surface area contributed by atoms with Gasteiger partial charge in [-0.1, -0.05) is 12.2 Å². The van der Waals surface area contributed by atoms with Crippen LogP contribution in [0.3, 0.4) is 0 Å². The quantitative estimate of drug-likeness (QED) is 0.561. The molecule has 0 atom stereocenters. The molecule has 0 aromatic heterocycles. The Bertz CT molecular complexity index is 234. The highest BCUT2D eigenvalue weighted by molar-refractivity contribution is 6.01. The molecule has 0 spiro atoms. The molecule has 2 heteroatoms. The zero-order valence-corrected chi connectivity index (χ0v) is 5.94. The Labute approximate surface area is 60.5 Å². The van der Waals surface area contributed by atoms with Gasteiger partial charge in [0.05, 0.1) is 0 Å². The van der Waals surface area contributed by atoms with E-state index in [9.17, 15) is 0 Å². The van der Waals surface area contributed by atoms with Gasteiger partial charge in [0.1, 0.15) is 5.84 Å². The molecule has 0 saturated heterocycles. The molecule has 0 aromatic rings. The lowest BCUT2D eigenvalue weighted by Crippen LogP contribution is -2.10. The van der Waals surface area contributed by atoms with Crippen LogP contribution in [0.15, 0.2) is 36.1 Å². The van der Waals surface area contributed by atoms with Crippen LogP contribution in [0.2, 0.25) is 0 Å². The molecule has 0 aliphatic carbocycles. The van der Waals surface area contributed by atoms with E-state index in [0.717, 1.165) is 11.1 Å². The van der Waals surface area contributed by atoms with Gasteiger partial charge in [0, 0.05) is 11.8 Å². The summed E-state index contributed by atoms with van der Waals surface area (Å²) in [7, 11) is 0. The van der Waals surface area contributed by atoms with Crippen molar-refractivity contribution in [1.82, 2.24) is 5.32 Å². The van der Waals surface area contributed by atoms with Crippen LogP contribution in [-0.2, 0) is 0 Å². The summed E-state index contributed by atoms with van der Waals surface area (Å²) >= 11 is 0. The van der Waals surface area contributed by atoms with Crippen molar-refractivity contribution in [3.63, 3.8) is 0 Å². The maximum Gasteiger partial charge on any atom is 0.129 e. The lowest BCUT2D eigenvalue weighted by molar-refractivity contribution is 1.27. The van der Waals surface area contributed by atoms with Crippen molar-refractivity contribution in [3.05, 3.63) is 36.1 Å². The highest BCUT2D eigenvalue weighted by atomic mass is 14.9. The first-order valence-electron chi connectivity index (χ1n) is 3.09. The van der Waals surface area contributed by atoms with E-state index >= 15 is 0 Å². The molecule has 0 unspecified atom stereocenters. The molecule has 0 bridgehead atoms. The van der Waals surface area contributed by atoms with E-state index in [1.807, 2.05) is 19.1 Å². The van der Waals surface area contributed by atoms with Crippen LogP contribution in [0, 0.1) is 5.41 Å². The summed E-state index contributed by atoms with van der Waals surface area (Å²) in [5, 5.41) is 10.1. The predicted octanol–water partition coefficient (Wildman–Crippen LogP) is 1.58. The molecular formula is C8H10N2. The summed E-state index contributed by atoms with van der Waals surface area (Å²) in [5.74, 6) is 0.447. The van der Waals surface area contributed by atoms with Gasteiger partial charge in [0.25, 0.3) is 0 Å². The molecule has 0 saturated carbocycles. The fraction of sp³-hybridized carbons (Fsp3) is 0.125. The van der Waals surface area contributed by atoms with E-state index in [0.29, 0.717) is 5.84 Å². The van der Waals surface area contributed by atoms with Crippen LogP contribution in [0.25, 0.3) is 0 Å². The van der Waals surface area contributed by atoms with Crippen LogP contribution < -0.4 is 5.32 Å². The molecule has 2 nitrogen and oxygen atoms in total. The fourth-order valence-electron chi connectivity index (χ4n) is 0.767. The third-order valence-corrected chi connectivity index (χ3v) is 1.18. The highest BCUT2D eigenvalue weighted by Gasteiger charge is 2.04. The first kappa shape index (κ1) is 6.81. The maximum absolute atomic E-state index is 7.32. The number of nitrogens with one attached hydrogen (secondary N) is 2. The SMILES string of the molecule is C=C(C)/C=C1/C=CNC1=N. The number of hydrogen-bond donors (Lipinski definition) is 2. The van der Waals surface area contributed by atoms with Crippen molar-refractivity contribution in [1.29, 1.82) is 5.41 Å². The number of amidine groups is 1. The molecule has 1 aliphatic rings. The summed E-state index contributed by atoms with van der Waals surface area (Å²) in [6.45, 7) is 5.63. The average Bonchev–Trinajstić information content (AvgIpc) is 2.15. The smallest absolute Gasteiger partial charge is 0.129 e. The molecule has 1 aliphatic heterocycles. The Morgan fingerprint density at radius 2 is 2.50 bits per heavy atom. The number of hydrogen-bond acceptors (Lipinski definition) is 1. The molecule has 10 heavy (non-hydrogen) atoms. The van der Waals surface area contributed by atoms with E-state index in [4.69, 9.17) is 5.41 Å². The molecule has 1 rings (SSSR count). The van der Waals surface area contributed by atoms with Crippen LogP contribution in [0.5, 0.6) is 0 Å². The Kier molecular flexibility index (Phi) is 1.71. The lowest BCUT2D eigenvalue weighted by Gasteiger charge is -1.94. The Hall–Kier alpha value is -1.31. The third kappa shape index (κ3) is 1.35. The van der Waals surface area contributed by atoms with Crippen LogP contribution in [0.1, 0.15) is 6.92 Å². The van der Waals surface area contributed by atoms with Crippen molar-refractivity contribution < 1.29 is 0 Å². The summed E-state index contributed by atoms with van der Waals surface area (Å²) < 4.78 is 0. The summed E-state index contributed by atoms with van der Waals surface area (Å²) in [6, 6.07) is 0. The second-order valence-electron chi connectivity index (χ2n) is 2.30. The molecule has 52 valence electrons. The van der Waals surface area contributed by atoms with Gasteiger partial charge in [0.15, 0.2) is 0 Å². The van der Waals surface area contributed by atoms with E-state index < -0.39 is 0 Å². The van der Waals surface area contributed by atoms with Crippen LogP contribution in [-0.4, -0.2) is 5.84 Å². The predicted molar refractivity (Wildman–Crippen MR) is 42.9 cm³/mol. The largest absolute Gasteiger partial charge is 0.347 e. The molecule has 2 N–H and O–H groups in total. The number of allylic oxidation sites excluding steroid dienone is 2. The van der Waals surface area contributed by atoms with Crippen LogP contribution in [0.4, 0.5) is 0 Å². The average molecular weight is 134 g/mol. The molecule has 1 heterocycles. The molecule has 0 aromatic carbocycles. The van der Waals surface area contributed by atoms with E-state index in [-0.39, 0.29) is 0 Å². The fourth-order valence-corrected chi connectivity index (χ4v) is 0.767. The van der Waals surface area contributed by atoms with Gasteiger partial charge >= 0.3 is 0 Å². The summed E-state index contributed by atoms with van der Waals surface area (Å²) in [6.07, 6.45) is 5.48. The van der Waals surface area contributed by atoms with Gasteiger partial charge in [-0.15, -0.1) is 0 Å². The summed E-state index contributed by atoms with van der Waals surface area (Å²) in [5.41, 5.74) is 1.86. The van der Waals surface area contributed by atoms with Crippen molar-refractivity contribution in [2.24, 2.45) is 0 Å². The summed E-state index contributed by atoms with van der Waals surface area (Å²) in [4.78, 5) is 0. The first-order valence-corrected chi connectivity index (χ1v) is 3.09. The maximum atomic E-state index is 7.32. The van der Waals surface area contributed by atoms with E-state index in [2.05, 4.69) is 11.9 Å². The molecular weight excluding hydrogens is 124 g/mol. The topological polar surface area (TPSA) is 35.9 Å². The normalized spacial score (nSPS) is 19.7. The lowest BCUT2D eigenvalue weighted by atomic mass is 10.2. The Morgan fingerprint density at radius 1 is 1.80 bits per heavy atom. The third-order valence-electron chi connectivity index (χ3n) is 1.18. The minimum Gasteiger partial charge on any atom is -0.347 e. The van der Waals surface area contributed by atoms with Gasteiger partial charge in [-0.05, 0) is 19.1 Å². The standard InChI is InChI=1S/C8H10N2/c1-6(2)5-7-3-4-10-8(7)9/h3-5H,1H2,2H3,(H2,9,10)/b7-5-. The molecule has 0 radical (unpaired) electrons. The number of rotatable bonds is 1. The van der Waals surface area contributed by atoms with E-state index in [1.165, 1.54) is 0 Å². The Balaban J connectivity index is 2.82. The van der Waals surface area contributed by atoms with Crippen molar-refractivity contribution >= 4 is 5.84 Å². The highest BCUT2D eigenvalue weighted by Crippen LogP contribution is 2.06. The molecule has 0 fully saturated rings. The second kappa shape index (κ2) is 2.52. The van der Waals surface area contributed by atoms with E-state index in [1.54, 1.807) is 6.20 Å².